The first-order valence-electron chi connectivity index (χ1n) is 8.65. The van der Waals surface area contributed by atoms with Gasteiger partial charge in [0.2, 0.25) is 17.7 Å². The highest BCUT2D eigenvalue weighted by molar-refractivity contribution is 5.90. The molecule has 0 saturated heterocycles. The van der Waals surface area contributed by atoms with Crippen molar-refractivity contribution in [2.24, 2.45) is 0 Å². The van der Waals surface area contributed by atoms with Crippen LogP contribution in [0, 0.1) is 0 Å². The Hall–Kier alpha value is -2.70. The van der Waals surface area contributed by atoms with Crippen molar-refractivity contribution < 1.29 is 19.2 Å². The van der Waals surface area contributed by atoms with E-state index >= 15 is 0 Å². The summed E-state index contributed by atoms with van der Waals surface area (Å²) in [6.07, 6.45) is 1.29. The van der Waals surface area contributed by atoms with Gasteiger partial charge in [-0.2, -0.15) is 0 Å². The summed E-state index contributed by atoms with van der Waals surface area (Å²) in [5.74, 6) is -1.01. The summed E-state index contributed by atoms with van der Waals surface area (Å²) < 4.78 is 0. The average molecular weight is 361 g/mol. The van der Waals surface area contributed by atoms with Gasteiger partial charge in [-0.1, -0.05) is 30.3 Å². The van der Waals surface area contributed by atoms with Gasteiger partial charge in [0, 0.05) is 25.8 Å². The van der Waals surface area contributed by atoms with Crippen LogP contribution in [0.15, 0.2) is 30.3 Å². The highest BCUT2D eigenvalue weighted by atomic mass is 16.2. The van der Waals surface area contributed by atoms with Gasteiger partial charge in [-0.15, -0.1) is 0 Å². The maximum absolute atomic E-state index is 12.3. The van der Waals surface area contributed by atoms with Crippen LogP contribution in [0.25, 0.3) is 0 Å². The molecular weight excluding hydrogens is 334 g/mol. The molecule has 7 heteroatoms. The fourth-order valence-corrected chi connectivity index (χ4v) is 2.41. The number of benzene rings is 1. The second-order valence-corrected chi connectivity index (χ2v) is 6.37. The van der Waals surface area contributed by atoms with E-state index < -0.39 is 11.9 Å². The molecule has 0 fully saturated rings. The molecule has 0 aliphatic carbocycles. The standard InChI is InChI=1S/C19H27N3O4/c1-13(9-10-14(2)23)21-18(25)12-20-19(26)17(22-15(3)24)11-16-7-5-4-6-8-16/h4-8,13,17H,9-12H2,1-3H3,(H,20,26)(H,21,25)(H,22,24). The van der Waals surface area contributed by atoms with Crippen molar-refractivity contribution in [1.29, 1.82) is 0 Å². The molecule has 142 valence electrons. The Balaban J connectivity index is 2.51. The van der Waals surface area contributed by atoms with E-state index in [0.29, 0.717) is 19.3 Å². The first kappa shape index (κ1) is 21.3. The molecule has 7 nitrogen and oxygen atoms in total. The highest BCUT2D eigenvalue weighted by Gasteiger charge is 2.20. The van der Waals surface area contributed by atoms with Gasteiger partial charge in [-0.05, 0) is 25.8 Å². The van der Waals surface area contributed by atoms with E-state index in [1.165, 1.54) is 13.8 Å². The Morgan fingerprint density at radius 3 is 2.23 bits per heavy atom. The summed E-state index contributed by atoms with van der Waals surface area (Å²) in [5.41, 5.74) is 0.906. The van der Waals surface area contributed by atoms with E-state index in [1.54, 1.807) is 6.92 Å². The van der Waals surface area contributed by atoms with Crippen LogP contribution in [0.3, 0.4) is 0 Å². The molecule has 0 saturated carbocycles. The molecule has 2 unspecified atom stereocenters. The molecule has 0 spiro atoms. The maximum atomic E-state index is 12.3. The number of carbonyl (C=O) groups excluding carboxylic acids is 4. The number of nitrogens with one attached hydrogen (secondary N) is 3. The largest absolute Gasteiger partial charge is 0.352 e. The van der Waals surface area contributed by atoms with Gasteiger partial charge in [0.25, 0.3) is 0 Å². The van der Waals surface area contributed by atoms with E-state index in [4.69, 9.17) is 0 Å². The molecule has 1 aromatic rings. The first-order valence-corrected chi connectivity index (χ1v) is 8.65. The summed E-state index contributed by atoms with van der Waals surface area (Å²) in [5, 5.41) is 7.88. The number of amides is 3. The number of hydrogen-bond acceptors (Lipinski definition) is 4. The van der Waals surface area contributed by atoms with Gasteiger partial charge in [-0.25, -0.2) is 0 Å². The molecule has 2 atom stereocenters. The molecular formula is C19H27N3O4. The Kier molecular flexibility index (Phi) is 9.05. The highest BCUT2D eigenvalue weighted by Crippen LogP contribution is 2.03. The molecule has 3 amide bonds. The minimum absolute atomic E-state index is 0.0680. The van der Waals surface area contributed by atoms with Crippen LogP contribution in [0.5, 0.6) is 0 Å². The van der Waals surface area contributed by atoms with Crippen LogP contribution in [0.1, 0.15) is 39.2 Å². The number of Topliss-reactive ketones (excluding diaryl/α,β-unsaturated/α-hetero) is 1. The summed E-state index contributed by atoms with van der Waals surface area (Å²) in [4.78, 5) is 46.6. The minimum Gasteiger partial charge on any atom is -0.352 e. The molecule has 0 bridgehead atoms. The molecule has 0 aliphatic heterocycles. The quantitative estimate of drug-likeness (QED) is 0.571. The van der Waals surface area contributed by atoms with Crippen LogP contribution in [-0.2, 0) is 25.6 Å². The third kappa shape index (κ3) is 8.96. The lowest BCUT2D eigenvalue weighted by Gasteiger charge is -2.18. The molecule has 0 aromatic heterocycles. The Morgan fingerprint density at radius 1 is 1.00 bits per heavy atom. The first-order chi connectivity index (χ1) is 12.3. The van der Waals surface area contributed by atoms with E-state index in [-0.39, 0.29) is 30.2 Å². The van der Waals surface area contributed by atoms with Crippen molar-refractivity contribution in [2.75, 3.05) is 6.54 Å². The van der Waals surface area contributed by atoms with Crippen LogP contribution in [-0.4, -0.2) is 42.1 Å². The topological polar surface area (TPSA) is 104 Å². The fraction of sp³-hybridized carbons (Fsp3) is 0.474. The van der Waals surface area contributed by atoms with Crippen molar-refractivity contribution in [1.82, 2.24) is 16.0 Å². The predicted molar refractivity (Wildman–Crippen MR) is 98.3 cm³/mol. The van der Waals surface area contributed by atoms with Crippen molar-refractivity contribution in [3.8, 4) is 0 Å². The number of carbonyl (C=O) groups is 4. The van der Waals surface area contributed by atoms with Gasteiger partial charge in [0.1, 0.15) is 11.8 Å². The lowest BCUT2D eigenvalue weighted by atomic mass is 10.1. The summed E-state index contributed by atoms with van der Waals surface area (Å²) in [6.45, 7) is 4.46. The van der Waals surface area contributed by atoms with Crippen molar-refractivity contribution >= 4 is 23.5 Å². The SMILES string of the molecule is CC(=O)CCC(C)NC(=O)CNC(=O)C(Cc1ccccc1)NC(C)=O. The summed E-state index contributed by atoms with van der Waals surface area (Å²) in [7, 11) is 0. The van der Waals surface area contributed by atoms with Gasteiger partial charge >= 0.3 is 0 Å². The van der Waals surface area contributed by atoms with Crippen LogP contribution in [0.2, 0.25) is 0 Å². The zero-order chi connectivity index (χ0) is 19.5. The third-order valence-corrected chi connectivity index (χ3v) is 3.74. The Labute approximate surface area is 153 Å². The molecule has 0 aliphatic rings. The summed E-state index contributed by atoms with van der Waals surface area (Å²) in [6, 6.07) is 8.41. The number of ketones is 1. The second kappa shape index (κ2) is 11.0. The lowest BCUT2D eigenvalue weighted by Crippen LogP contribution is -2.50. The van der Waals surface area contributed by atoms with Crippen molar-refractivity contribution in [2.45, 2.75) is 52.1 Å². The average Bonchev–Trinajstić information content (AvgIpc) is 2.58. The molecule has 1 rings (SSSR count). The van der Waals surface area contributed by atoms with Crippen molar-refractivity contribution in [3.05, 3.63) is 35.9 Å². The maximum Gasteiger partial charge on any atom is 0.243 e. The Bertz CT molecular complexity index is 631. The van der Waals surface area contributed by atoms with Crippen LogP contribution >= 0.6 is 0 Å². The van der Waals surface area contributed by atoms with Gasteiger partial charge < -0.3 is 20.7 Å². The second-order valence-electron chi connectivity index (χ2n) is 6.37. The molecule has 26 heavy (non-hydrogen) atoms. The monoisotopic (exact) mass is 361 g/mol. The van der Waals surface area contributed by atoms with Crippen LogP contribution < -0.4 is 16.0 Å². The lowest BCUT2D eigenvalue weighted by molar-refractivity contribution is -0.129. The number of rotatable bonds is 10. The van der Waals surface area contributed by atoms with Gasteiger partial charge in [0.15, 0.2) is 0 Å². The minimum atomic E-state index is -0.752. The van der Waals surface area contributed by atoms with E-state index in [1.807, 2.05) is 30.3 Å². The zero-order valence-electron chi connectivity index (χ0n) is 15.5. The smallest absolute Gasteiger partial charge is 0.243 e. The molecule has 1 aromatic carbocycles. The third-order valence-electron chi connectivity index (χ3n) is 3.74. The normalized spacial score (nSPS) is 12.6. The Morgan fingerprint density at radius 2 is 1.65 bits per heavy atom. The van der Waals surface area contributed by atoms with E-state index in [2.05, 4.69) is 16.0 Å². The van der Waals surface area contributed by atoms with Gasteiger partial charge in [0.05, 0.1) is 6.54 Å². The predicted octanol–water partition coefficient (Wildman–Crippen LogP) is 0.724. The molecule has 0 heterocycles. The van der Waals surface area contributed by atoms with E-state index in [9.17, 15) is 19.2 Å². The fourth-order valence-electron chi connectivity index (χ4n) is 2.41. The van der Waals surface area contributed by atoms with Crippen molar-refractivity contribution in [3.63, 3.8) is 0 Å². The van der Waals surface area contributed by atoms with Crippen LogP contribution in [0.4, 0.5) is 0 Å². The van der Waals surface area contributed by atoms with E-state index in [0.717, 1.165) is 5.56 Å². The molecule has 0 radical (unpaired) electrons. The van der Waals surface area contributed by atoms with Gasteiger partial charge in [-0.3, -0.25) is 14.4 Å². The number of hydrogen-bond donors (Lipinski definition) is 3. The molecule has 3 N–H and O–H groups in total. The zero-order valence-corrected chi connectivity index (χ0v) is 15.5. The summed E-state index contributed by atoms with van der Waals surface area (Å²) >= 11 is 0.